The molecule has 0 radical (unpaired) electrons. The van der Waals surface area contributed by atoms with Crippen LogP contribution in [0.5, 0.6) is 0 Å². The monoisotopic (exact) mass is 343 g/mol. The molecule has 3 rings (SSSR count). The lowest BCUT2D eigenvalue weighted by molar-refractivity contribution is -0.122. The normalized spacial score (nSPS) is 16.9. The van der Waals surface area contributed by atoms with Crippen LogP contribution in [0.1, 0.15) is 49.5 Å². The van der Waals surface area contributed by atoms with Crippen LogP contribution in [-0.4, -0.2) is 31.3 Å². The largest absolute Gasteiger partial charge is 0.352 e. The molecule has 1 aliphatic heterocycles. The Bertz CT molecular complexity index is 743. The van der Waals surface area contributed by atoms with Crippen molar-refractivity contribution in [3.63, 3.8) is 0 Å². The highest BCUT2D eigenvalue weighted by molar-refractivity contribution is 5.76. The van der Waals surface area contributed by atoms with Crippen LogP contribution >= 0.6 is 0 Å². The molecule has 136 valence electrons. The van der Waals surface area contributed by atoms with Gasteiger partial charge < -0.3 is 9.88 Å². The average molecular weight is 343 g/mol. The molecule has 0 saturated carbocycles. The van der Waals surface area contributed by atoms with Crippen LogP contribution in [0.15, 0.2) is 12.4 Å². The summed E-state index contributed by atoms with van der Waals surface area (Å²) in [6.07, 6.45) is 6.99. The number of amides is 1. The predicted octanol–water partition coefficient (Wildman–Crippen LogP) is 2.42. The van der Waals surface area contributed by atoms with E-state index in [0.29, 0.717) is 12.3 Å². The number of fused-ring (bicyclic) bond motifs is 1. The summed E-state index contributed by atoms with van der Waals surface area (Å²) in [5.74, 6) is 1.81. The zero-order valence-electron chi connectivity index (χ0n) is 15.7. The molecule has 0 bridgehead atoms. The van der Waals surface area contributed by atoms with Crippen molar-refractivity contribution >= 4 is 5.91 Å². The number of imidazole rings is 1. The maximum absolute atomic E-state index is 12.4. The van der Waals surface area contributed by atoms with Gasteiger partial charge in [0.25, 0.3) is 0 Å². The van der Waals surface area contributed by atoms with Crippen molar-refractivity contribution in [1.82, 2.24) is 24.6 Å². The van der Waals surface area contributed by atoms with Gasteiger partial charge in [-0.05, 0) is 38.2 Å². The first-order chi connectivity index (χ1) is 11.9. The molecular formula is C19H29N5O. The maximum atomic E-state index is 12.4. The third-order valence-corrected chi connectivity index (χ3v) is 4.97. The fraction of sp³-hybridized carbons (Fsp3) is 0.632. The zero-order valence-corrected chi connectivity index (χ0v) is 15.7. The van der Waals surface area contributed by atoms with Gasteiger partial charge in [-0.25, -0.2) is 4.98 Å². The molecule has 0 spiro atoms. The van der Waals surface area contributed by atoms with Gasteiger partial charge in [0.15, 0.2) is 0 Å². The van der Waals surface area contributed by atoms with Crippen molar-refractivity contribution in [3.05, 3.63) is 35.2 Å². The number of carbonyl (C=O) groups excluding carboxylic acids is 1. The van der Waals surface area contributed by atoms with Gasteiger partial charge >= 0.3 is 0 Å². The second-order valence-corrected chi connectivity index (χ2v) is 7.52. The average Bonchev–Trinajstić information content (AvgIpc) is 3.10. The van der Waals surface area contributed by atoms with Crippen LogP contribution in [0.25, 0.3) is 0 Å². The molecule has 6 nitrogen and oxygen atoms in total. The molecule has 0 saturated heterocycles. The third-order valence-electron chi connectivity index (χ3n) is 4.97. The molecular weight excluding hydrogens is 314 g/mol. The molecule has 6 heteroatoms. The molecule has 0 fully saturated rings. The number of aryl methyl sites for hydroxylation is 2. The summed E-state index contributed by atoms with van der Waals surface area (Å²) in [6, 6.07) is 0.208. The van der Waals surface area contributed by atoms with E-state index in [4.69, 9.17) is 0 Å². The lowest BCUT2D eigenvalue weighted by atomic mass is 10.1. The fourth-order valence-electron chi connectivity index (χ4n) is 3.64. The molecule has 3 heterocycles. The minimum Gasteiger partial charge on any atom is -0.352 e. The molecule has 25 heavy (non-hydrogen) atoms. The molecule has 2 aromatic heterocycles. The van der Waals surface area contributed by atoms with Gasteiger partial charge in [0.2, 0.25) is 5.91 Å². The van der Waals surface area contributed by atoms with Crippen LogP contribution < -0.4 is 5.32 Å². The van der Waals surface area contributed by atoms with E-state index in [9.17, 15) is 4.79 Å². The van der Waals surface area contributed by atoms with Gasteiger partial charge in [0, 0.05) is 50.1 Å². The number of nitrogens with one attached hydrogen (secondary N) is 1. The number of rotatable bonds is 6. The van der Waals surface area contributed by atoms with E-state index in [2.05, 4.69) is 45.4 Å². The highest BCUT2D eigenvalue weighted by Crippen LogP contribution is 2.17. The molecule has 1 unspecified atom stereocenters. The van der Waals surface area contributed by atoms with E-state index in [0.717, 1.165) is 43.9 Å². The standard InChI is InChI=1S/C19H29N5O/c1-13(2)11-24-15(4)17(14(3)22-24)6-8-19(25)21-16-5-7-18-20-9-10-23(18)12-16/h9-10,13,16H,5-8,11-12H2,1-4H3,(H,21,25). The van der Waals surface area contributed by atoms with E-state index < -0.39 is 0 Å². The van der Waals surface area contributed by atoms with Crippen molar-refractivity contribution in [2.75, 3.05) is 0 Å². The Morgan fingerprint density at radius 2 is 2.20 bits per heavy atom. The Labute approximate surface area is 149 Å². The minimum atomic E-state index is 0.129. The van der Waals surface area contributed by atoms with Gasteiger partial charge in [-0.3, -0.25) is 9.48 Å². The zero-order chi connectivity index (χ0) is 18.0. The first-order valence-corrected chi connectivity index (χ1v) is 9.26. The Hall–Kier alpha value is -2.11. The molecule has 1 atom stereocenters. The summed E-state index contributed by atoms with van der Waals surface area (Å²) in [5.41, 5.74) is 3.46. The summed E-state index contributed by atoms with van der Waals surface area (Å²) in [5, 5.41) is 7.82. The van der Waals surface area contributed by atoms with E-state index in [-0.39, 0.29) is 11.9 Å². The van der Waals surface area contributed by atoms with Gasteiger partial charge in [0.1, 0.15) is 5.82 Å². The van der Waals surface area contributed by atoms with Crippen molar-refractivity contribution < 1.29 is 4.79 Å². The van der Waals surface area contributed by atoms with Crippen molar-refractivity contribution in [3.8, 4) is 0 Å². The Morgan fingerprint density at radius 3 is 2.96 bits per heavy atom. The summed E-state index contributed by atoms with van der Waals surface area (Å²) >= 11 is 0. The second-order valence-electron chi connectivity index (χ2n) is 7.52. The quantitative estimate of drug-likeness (QED) is 0.876. The molecule has 2 aromatic rings. The summed E-state index contributed by atoms with van der Waals surface area (Å²) in [4.78, 5) is 16.7. The lowest BCUT2D eigenvalue weighted by Crippen LogP contribution is -2.41. The Balaban J connectivity index is 1.54. The molecule has 0 aliphatic carbocycles. The molecule has 1 aliphatic rings. The van der Waals surface area contributed by atoms with Crippen molar-refractivity contribution in [1.29, 1.82) is 0 Å². The smallest absolute Gasteiger partial charge is 0.220 e. The summed E-state index contributed by atoms with van der Waals surface area (Å²) in [7, 11) is 0. The van der Waals surface area contributed by atoms with E-state index >= 15 is 0 Å². The van der Waals surface area contributed by atoms with Crippen LogP contribution in [0, 0.1) is 19.8 Å². The minimum absolute atomic E-state index is 0.129. The van der Waals surface area contributed by atoms with Crippen molar-refractivity contribution in [2.24, 2.45) is 5.92 Å². The van der Waals surface area contributed by atoms with Gasteiger partial charge in [-0.15, -0.1) is 0 Å². The SMILES string of the molecule is Cc1nn(CC(C)C)c(C)c1CCC(=O)NC1CCc2nccn2C1. The number of hydrogen-bond acceptors (Lipinski definition) is 3. The highest BCUT2D eigenvalue weighted by Gasteiger charge is 2.21. The van der Waals surface area contributed by atoms with E-state index in [1.807, 2.05) is 19.3 Å². The Morgan fingerprint density at radius 1 is 1.40 bits per heavy atom. The van der Waals surface area contributed by atoms with Crippen LogP contribution in [0.3, 0.4) is 0 Å². The van der Waals surface area contributed by atoms with E-state index in [1.54, 1.807) is 0 Å². The fourth-order valence-corrected chi connectivity index (χ4v) is 3.64. The third kappa shape index (κ3) is 4.11. The Kier molecular flexibility index (Phi) is 5.25. The van der Waals surface area contributed by atoms with Gasteiger partial charge in [0.05, 0.1) is 5.69 Å². The number of hydrogen-bond donors (Lipinski definition) is 1. The van der Waals surface area contributed by atoms with Crippen molar-refractivity contribution in [2.45, 2.75) is 72.5 Å². The summed E-state index contributed by atoms with van der Waals surface area (Å²) in [6.45, 7) is 10.3. The maximum Gasteiger partial charge on any atom is 0.220 e. The topological polar surface area (TPSA) is 64.7 Å². The predicted molar refractivity (Wildman–Crippen MR) is 97.3 cm³/mol. The van der Waals surface area contributed by atoms with Gasteiger partial charge in [-0.1, -0.05) is 13.8 Å². The first-order valence-electron chi connectivity index (χ1n) is 9.26. The summed E-state index contributed by atoms with van der Waals surface area (Å²) < 4.78 is 4.22. The van der Waals surface area contributed by atoms with Gasteiger partial charge in [-0.2, -0.15) is 5.10 Å². The van der Waals surface area contributed by atoms with Crippen LogP contribution in [0.2, 0.25) is 0 Å². The molecule has 0 aromatic carbocycles. The number of nitrogens with zero attached hydrogens (tertiary/aromatic N) is 4. The van der Waals surface area contributed by atoms with Crippen LogP contribution in [0.4, 0.5) is 0 Å². The first kappa shape index (κ1) is 17.7. The highest BCUT2D eigenvalue weighted by atomic mass is 16.1. The molecule has 1 amide bonds. The number of aromatic nitrogens is 4. The number of carbonyl (C=O) groups is 1. The molecule has 1 N–H and O–H groups in total. The second kappa shape index (κ2) is 7.42. The lowest BCUT2D eigenvalue weighted by Gasteiger charge is -2.24. The van der Waals surface area contributed by atoms with E-state index in [1.165, 1.54) is 11.3 Å². The van der Waals surface area contributed by atoms with Crippen LogP contribution in [-0.2, 0) is 30.7 Å².